The largest absolute Gasteiger partial charge is 0.508 e. The molecule has 0 fully saturated rings. The molecule has 0 unspecified atom stereocenters. The lowest BCUT2D eigenvalue weighted by Gasteiger charge is -2.06. The first-order chi connectivity index (χ1) is 9.81. The van der Waals surface area contributed by atoms with E-state index in [1.165, 1.54) is 22.0 Å². The molecule has 3 heteroatoms. The van der Waals surface area contributed by atoms with Crippen LogP contribution < -0.4 is 5.32 Å². The summed E-state index contributed by atoms with van der Waals surface area (Å²) >= 11 is 0. The van der Waals surface area contributed by atoms with Crippen LogP contribution in [-0.2, 0) is 13.0 Å². The van der Waals surface area contributed by atoms with E-state index in [1.54, 1.807) is 12.1 Å². The highest BCUT2D eigenvalue weighted by Crippen LogP contribution is 2.14. The number of aromatic amines is 1. The van der Waals surface area contributed by atoms with Gasteiger partial charge in [-0.1, -0.05) is 18.2 Å². The number of phenols is 1. The van der Waals surface area contributed by atoms with Crippen molar-refractivity contribution in [2.45, 2.75) is 13.0 Å². The average Bonchev–Trinajstić information content (AvgIpc) is 2.93. The molecule has 3 N–H and O–H groups in total. The molecule has 1 aromatic heterocycles. The van der Waals surface area contributed by atoms with Crippen LogP contribution in [0.3, 0.4) is 0 Å². The number of H-pyrrole nitrogens is 1. The molecule has 0 amide bonds. The molecule has 3 nitrogen and oxygen atoms in total. The standard InChI is InChI=1S/C17H18N2O/c20-16-4-1-13(2-5-16)7-9-18-12-14-3-6-17-15(11-14)8-10-19-17/h1-6,8,10-11,18-20H,7,9,12H2. The molecule has 0 saturated heterocycles. The lowest BCUT2D eigenvalue weighted by Crippen LogP contribution is -2.16. The highest BCUT2D eigenvalue weighted by molar-refractivity contribution is 5.79. The monoisotopic (exact) mass is 266 g/mol. The number of phenolic OH excluding ortho intramolecular Hbond substituents is 1. The maximum Gasteiger partial charge on any atom is 0.115 e. The van der Waals surface area contributed by atoms with Gasteiger partial charge in [-0.3, -0.25) is 0 Å². The van der Waals surface area contributed by atoms with Crippen LogP contribution in [0.2, 0.25) is 0 Å². The molecular weight excluding hydrogens is 248 g/mol. The number of rotatable bonds is 5. The summed E-state index contributed by atoms with van der Waals surface area (Å²) in [6.45, 7) is 1.80. The molecule has 0 bridgehead atoms. The first-order valence-corrected chi connectivity index (χ1v) is 6.86. The van der Waals surface area contributed by atoms with Gasteiger partial charge in [0.1, 0.15) is 5.75 Å². The van der Waals surface area contributed by atoms with E-state index in [0.717, 1.165) is 19.5 Å². The van der Waals surface area contributed by atoms with Crippen molar-refractivity contribution in [2.75, 3.05) is 6.54 Å². The summed E-state index contributed by atoms with van der Waals surface area (Å²) < 4.78 is 0. The van der Waals surface area contributed by atoms with Crippen molar-refractivity contribution in [1.29, 1.82) is 0 Å². The van der Waals surface area contributed by atoms with E-state index >= 15 is 0 Å². The van der Waals surface area contributed by atoms with Gasteiger partial charge in [-0.25, -0.2) is 0 Å². The third-order valence-electron chi connectivity index (χ3n) is 3.47. The van der Waals surface area contributed by atoms with Gasteiger partial charge in [0.05, 0.1) is 0 Å². The van der Waals surface area contributed by atoms with Gasteiger partial charge >= 0.3 is 0 Å². The van der Waals surface area contributed by atoms with Gasteiger partial charge in [-0.15, -0.1) is 0 Å². The van der Waals surface area contributed by atoms with Gasteiger partial charge in [-0.05, 0) is 59.8 Å². The maximum absolute atomic E-state index is 9.23. The van der Waals surface area contributed by atoms with Gasteiger partial charge in [0.2, 0.25) is 0 Å². The van der Waals surface area contributed by atoms with Gasteiger partial charge in [-0.2, -0.15) is 0 Å². The Hall–Kier alpha value is -2.26. The SMILES string of the molecule is Oc1ccc(CCNCc2ccc3[nH]ccc3c2)cc1. The molecule has 0 aliphatic heterocycles. The lowest BCUT2D eigenvalue weighted by molar-refractivity contribution is 0.475. The summed E-state index contributed by atoms with van der Waals surface area (Å²) in [5, 5.41) is 13.9. The number of fused-ring (bicyclic) bond motifs is 1. The molecule has 102 valence electrons. The summed E-state index contributed by atoms with van der Waals surface area (Å²) in [6, 6.07) is 15.9. The topological polar surface area (TPSA) is 48.0 Å². The first-order valence-electron chi connectivity index (χ1n) is 6.86. The summed E-state index contributed by atoms with van der Waals surface area (Å²) in [7, 11) is 0. The highest BCUT2D eigenvalue weighted by atomic mass is 16.3. The minimum atomic E-state index is 0.321. The summed E-state index contributed by atoms with van der Waals surface area (Å²) in [5.41, 5.74) is 3.71. The molecule has 3 aromatic rings. The van der Waals surface area contributed by atoms with E-state index in [-0.39, 0.29) is 0 Å². The molecule has 0 saturated carbocycles. The molecule has 20 heavy (non-hydrogen) atoms. The Morgan fingerprint density at radius 3 is 2.60 bits per heavy atom. The molecule has 0 aliphatic rings. The fourth-order valence-corrected chi connectivity index (χ4v) is 2.34. The van der Waals surface area contributed by atoms with Gasteiger partial charge < -0.3 is 15.4 Å². The zero-order valence-electron chi connectivity index (χ0n) is 11.3. The number of aromatic hydroxyl groups is 1. The van der Waals surface area contributed by atoms with Crippen LogP contribution in [0.5, 0.6) is 5.75 Å². The van der Waals surface area contributed by atoms with Crippen LogP contribution in [0.15, 0.2) is 54.7 Å². The minimum absolute atomic E-state index is 0.321. The van der Waals surface area contributed by atoms with Crippen LogP contribution in [-0.4, -0.2) is 16.6 Å². The van der Waals surface area contributed by atoms with Crippen LogP contribution in [0, 0.1) is 0 Å². The fourth-order valence-electron chi connectivity index (χ4n) is 2.34. The van der Waals surface area contributed by atoms with Crippen molar-refractivity contribution >= 4 is 10.9 Å². The number of nitrogens with one attached hydrogen (secondary N) is 2. The smallest absolute Gasteiger partial charge is 0.115 e. The molecule has 0 aliphatic carbocycles. The van der Waals surface area contributed by atoms with E-state index in [0.29, 0.717) is 5.75 Å². The molecular formula is C17H18N2O. The van der Waals surface area contributed by atoms with Crippen molar-refractivity contribution < 1.29 is 5.11 Å². The second-order valence-electron chi connectivity index (χ2n) is 4.99. The average molecular weight is 266 g/mol. The summed E-state index contributed by atoms with van der Waals surface area (Å²) in [6.07, 6.45) is 2.93. The Bertz CT molecular complexity index is 686. The summed E-state index contributed by atoms with van der Waals surface area (Å²) in [4.78, 5) is 3.20. The normalized spacial score (nSPS) is 11.0. The van der Waals surface area contributed by atoms with Crippen molar-refractivity contribution in [3.05, 3.63) is 65.9 Å². The maximum atomic E-state index is 9.23. The number of benzene rings is 2. The Morgan fingerprint density at radius 1 is 0.950 bits per heavy atom. The Balaban J connectivity index is 1.50. The Labute approximate surface area is 118 Å². The number of hydrogen-bond donors (Lipinski definition) is 3. The highest BCUT2D eigenvalue weighted by Gasteiger charge is 1.98. The van der Waals surface area contributed by atoms with Crippen molar-refractivity contribution in [2.24, 2.45) is 0 Å². The molecule has 2 aromatic carbocycles. The van der Waals surface area contributed by atoms with Crippen LogP contribution >= 0.6 is 0 Å². The van der Waals surface area contributed by atoms with Crippen molar-refractivity contribution in [3.8, 4) is 5.75 Å². The zero-order valence-corrected chi connectivity index (χ0v) is 11.3. The predicted molar refractivity (Wildman–Crippen MR) is 81.8 cm³/mol. The Kier molecular flexibility index (Phi) is 3.70. The predicted octanol–water partition coefficient (Wildman–Crippen LogP) is 3.21. The molecule has 0 spiro atoms. The number of aromatic nitrogens is 1. The molecule has 3 rings (SSSR count). The zero-order chi connectivity index (χ0) is 13.8. The van der Waals surface area contributed by atoms with Gasteiger partial charge in [0, 0.05) is 18.3 Å². The van der Waals surface area contributed by atoms with E-state index < -0.39 is 0 Å². The van der Waals surface area contributed by atoms with Crippen molar-refractivity contribution in [1.82, 2.24) is 10.3 Å². The van der Waals surface area contributed by atoms with Crippen molar-refractivity contribution in [3.63, 3.8) is 0 Å². The molecule has 0 atom stereocenters. The minimum Gasteiger partial charge on any atom is -0.508 e. The second kappa shape index (κ2) is 5.80. The van der Waals surface area contributed by atoms with E-state index in [9.17, 15) is 5.11 Å². The van der Waals surface area contributed by atoms with Gasteiger partial charge in [0.25, 0.3) is 0 Å². The lowest BCUT2D eigenvalue weighted by atomic mass is 10.1. The second-order valence-corrected chi connectivity index (χ2v) is 4.99. The Morgan fingerprint density at radius 2 is 1.75 bits per heavy atom. The number of hydrogen-bond acceptors (Lipinski definition) is 2. The molecule has 1 heterocycles. The van der Waals surface area contributed by atoms with E-state index in [1.807, 2.05) is 18.3 Å². The summed E-state index contributed by atoms with van der Waals surface area (Å²) in [5.74, 6) is 0.321. The van der Waals surface area contributed by atoms with E-state index in [4.69, 9.17) is 0 Å². The third kappa shape index (κ3) is 3.00. The first kappa shape index (κ1) is 12.8. The van der Waals surface area contributed by atoms with Crippen LogP contribution in [0.1, 0.15) is 11.1 Å². The van der Waals surface area contributed by atoms with E-state index in [2.05, 4.69) is 34.6 Å². The fraction of sp³-hybridized carbons (Fsp3) is 0.176. The quantitative estimate of drug-likeness (QED) is 0.621. The van der Waals surface area contributed by atoms with Crippen LogP contribution in [0.25, 0.3) is 10.9 Å². The third-order valence-corrected chi connectivity index (χ3v) is 3.47. The van der Waals surface area contributed by atoms with Crippen LogP contribution in [0.4, 0.5) is 0 Å². The van der Waals surface area contributed by atoms with Gasteiger partial charge in [0.15, 0.2) is 0 Å². The molecule has 0 radical (unpaired) electrons.